The van der Waals surface area contributed by atoms with Crippen LogP contribution in [0.15, 0.2) is 6.07 Å². The molecule has 92 valence electrons. The second-order valence-electron chi connectivity index (χ2n) is 2.73. The number of aromatic hydroxyl groups is 2. The quantitative estimate of drug-likeness (QED) is 0.431. The van der Waals surface area contributed by atoms with Gasteiger partial charge in [0.2, 0.25) is 5.75 Å². The van der Waals surface area contributed by atoms with Gasteiger partial charge < -0.3 is 10.2 Å². The van der Waals surface area contributed by atoms with Crippen LogP contribution in [0.1, 0.15) is 0 Å². The number of phenolic OH excluding ortho intramolecular Hbond substituents is 2. The van der Waals surface area contributed by atoms with E-state index in [4.69, 9.17) is 5.11 Å². The molecular weight excluding hydrogens is 379 g/mol. The van der Waals surface area contributed by atoms with Crippen LogP contribution in [-0.2, 0) is 0 Å². The van der Waals surface area contributed by atoms with Crippen molar-refractivity contribution in [3.8, 4) is 11.5 Å². The molecule has 0 spiro atoms. The maximum absolute atomic E-state index is 10.5. The summed E-state index contributed by atoms with van der Waals surface area (Å²) in [5.41, 5.74) is -4.04. The molecule has 2 radical (unpaired) electrons. The molecule has 2 N–H and O–H groups in total. The van der Waals surface area contributed by atoms with Gasteiger partial charge in [0.25, 0.3) is 5.75 Å². The Morgan fingerprint density at radius 3 is 1.67 bits per heavy atom. The maximum Gasteiger partial charge on any atom is 0.394 e. The zero-order chi connectivity index (χ0) is 13.3. The van der Waals surface area contributed by atoms with Gasteiger partial charge in [0, 0.05) is 48.9 Å². The van der Waals surface area contributed by atoms with Gasteiger partial charge in [-0.1, -0.05) is 0 Å². The van der Waals surface area contributed by atoms with Crippen molar-refractivity contribution in [2.24, 2.45) is 0 Å². The second-order valence-corrected chi connectivity index (χ2v) is 2.73. The summed E-state index contributed by atoms with van der Waals surface area (Å²) in [5, 5.41) is 49.5. The van der Waals surface area contributed by atoms with Crippen LogP contribution in [0.25, 0.3) is 0 Å². The van der Waals surface area contributed by atoms with E-state index < -0.39 is 43.3 Å². The van der Waals surface area contributed by atoms with Crippen molar-refractivity contribution in [1.82, 2.24) is 0 Å². The molecule has 1 rings (SSSR count). The molecule has 0 aromatic heterocycles. The minimum atomic E-state index is -1.56. The van der Waals surface area contributed by atoms with Crippen LogP contribution in [0.2, 0.25) is 0 Å². The number of nitro groups is 3. The summed E-state index contributed by atoms with van der Waals surface area (Å²) in [6, 6.07) is 0.232. The van der Waals surface area contributed by atoms with Gasteiger partial charge in [-0.2, -0.15) is 0 Å². The molecule has 0 aliphatic heterocycles. The van der Waals surface area contributed by atoms with Crippen molar-refractivity contribution in [3.05, 3.63) is 36.4 Å². The van der Waals surface area contributed by atoms with Crippen LogP contribution in [0, 0.1) is 30.3 Å². The Morgan fingerprint density at radius 1 is 0.889 bits per heavy atom. The van der Waals surface area contributed by atoms with Crippen LogP contribution in [0.5, 0.6) is 11.5 Å². The Kier molecular flexibility index (Phi) is 5.50. The molecule has 0 saturated heterocycles. The monoisotopic (exact) mass is 383 g/mol. The van der Waals surface area contributed by atoms with Crippen LogP contribution >= 0.6 is 0 Å². The maximum atomic E-state index is 10.5. The largest absolute Gasteiger partial charge is 0.502 e. The van der Waals surface area contributed by atoms with Crippen LogP contribution in [-0.4, -0.2) is 73.9 Å². The zero-order valence-electron chi connectivity index (χ0n) is 8.47. The van der Waals surface area contributed by atoms with E-state index in [-0.39, 0.29) is 54.9 Å². The Labute approximate surface area is 138 Å². The Hall–Kier alpha value is -1.41. The predicted molar refractivity (Wildman–Crippen MR) is 55.5 cm³/mol. The molecule has 0 atom stereocenters. The average Bonchev–Trinajstić information content (AvgIpc) is 2.14. The number of hydrogen-bond acceptors (Lipinski definition) is 8. The number of rotatable bonds is 3. The van der Waals surface area contributed by atoms with Crippen molar-refractivity contribution >= 4 is 65.9 Å². The first kappa shape index (κ1) is 16.6. The summed E-state index contributed by atoms with van der Waals surface area (Å²) in [6.07, 6.45) is 0. The van der Waals surface area contributed by atoms with E-state index in [1.165, 1.54) is 0 Å². The Morgan fingerprint density at radius 2 is 1.33 bits per heavy atom. The van der Waals surface area contributed by atoms with E-state index in [0.29, 0.717) is 0 Å². The van der Waals surface area contributed by atoms with Gasteiger partial charge in [-0.25, -0.2) is 0 Å². The third-order valence-corrected chi connectivity index (χ3v) is 1.77. The van der Waals surface area contributed by atoms with Crippen molar-refractivity contribution in [2.45, 2.75) is 0 Å². The second kappa shape index (κ2) is 5.96. The summed E-state index contributed by atoms with van der Waals surface area (Å²) in [7, 11) is 0. The van der Waals surface area contributed by atoms with Crippen molar-refractivity contribution in [1.29, 1.82) is 0 Å². The fourth-order valence-electron chi connectivity index (χ4n) is 1.12. The molecule has 12 heteroatoms. The molecule has 0 amide bonds. The number of benzene rings is 1. The number of nitro benzene ring substituents is 3. The van der Waals surface area contributed by atoms with Gasteiger partial charge in [-0.15, -0.1) is 0 Å². The van der Waals surface area contributed by atoms with E-state index >= 15 is 0 Å². The summed E-state index contributed by atoms with van der Waals surface area (Å²) in [5.74, 6) is -2.79. The SMILES string of the molecule is O=[N+]([O-])c1cc(O)c([N+](=O)[O-])c(O)c1[N+](=O)[O-].[Ba]. The average molecular weight is 382 g/mol. The van der Waals surface area contributed by atoms with E-state index in [9.17, 15) is 35.4 Å². The number of nitrogens with zero attached hydrogens (tertiary/aromatic N) is 3. The normalized spacial score (nSPS) is 9.33. The van der Waals surface area contributed by atoms with Crippen molar-refractivity contribution < 1.29 is 25.0 Å². The summed E-state index contributed by atoms with van der Waals surface area (Å²) in [6.45, 7) is 0. The number of hydrogen-bond donors (Lipinski definition) is 2. The molecule has 0 saturated carbocycles. The molecule has 0 aliphatic rings. The third-order valence-electron chi connectivity index (χ3n) is 1.77. The van der Waals surface area contributed by atoms with Crippen LogP contribution in [0.3, 0.4) is 0 Å². The molecule has 0 unspecified atom stereocenters. The molecule has 0 fully saturated rings. The zero-order valence-corrected chi connectivity index (χ0v) is 12.9. The van der Waals surface area contributed by atoms with Crippen LogP contribution < -0.4 is 0 Å². The van der Waals surface area contributed by atoms with Gasteiger partial charge in [0.05, 0.1) is 20.8 Å². The van der Waals surface area contributed by atoms with Gasteiger partial charge in [0.15, 0.2) is 0 Å². The molecule has 11 nitrogen and oxygen atoms in total. The van der Waals surface area contributed by atoms with E-state index in [2.05, 4.69) is 0 Å². The molecular formula is C6H3BaN3O8. The first-order chi connectivity index (χ1) is 7.77. The summed E-state index contributed by atoms with van der Waals surface area (Å²) in [4.78, 5) is 27.4. The smallest absolute Gasteiger partial charge is 0.394 e. The minimum Gasteiger partial charge on any atom is -0.502 e. The molecule has 18 heavy (non-hydrogen) atoms. The molecule has 0 bridgehead atoms. The molecule has 0 heterocycles. The first-order valence-corrected chi connectivity index (χ1v) is 3.79. The molecule has 1 aromatic carbocycles. The Bertz CT molecular complexity index is 544. The van der Waals surface area contributed by atoms with Gasteiger partial charge >= 0.3 is 17.1 Å². The van der Waals surface area contributed by atoms with Crippen molar-refractivity contribution in [3.63, 3.8) is 0 Å². The van der Waals surface area contributed by atoms with Gasteiger partial charge in [0.1, 0.15) is 0 Å². The summed E-state index contributed by atoms with van der Waals surface area (Å²) < 4.78 is 0. The van der Waals surface area contributed by atoms with Crippen LogP contribution in [0.4, 0.5) is 17.1 Å². The van der Waals surface area contributed by atoms with E-state index in [1.54, 1.807) is 0 Å². The minimum absolute atomic E-state index is 0. The Balaban J connectivity index is 0.00000289. The van der Waals surface area contributed by atoms with Gasteiger partial charge in [-0.3, -0.25) is 30.3 Å². The fourth-order valence-corrected chi connectivity index (χ4v) is 1.12. The predicted octanol–water partition coefficient (Wildman–Crippen LogP) is 0.442. The van der Waals surface area contributed by atoms with E-state index in [0.717, 1.165) is 0 Å². The van der Waals surface area contributed by atoms with Crippen molar-refractivity contribution in [2.75, 3.05) is 0 Å². The number of phenols is 2. The third kappa shape index (κ3) is 2.88. The van der Waals surface area contributed by atoms with Gasteiger partial charge in [-0.05, 0) is 0 Å². The summed E-state index contributed by atoms with van der Waals surface area (Å²) >= 11 is 0. The fraction of sp³-hybridized carbons (Fsp3) is 0. The first-order valence-electron chi connectivity index (χ1n) is 3.79. The molecule has 1 aromatic rings. The topological polar surface area (TPSA) is 170 Å². The van der Waals surface area contributed by atoms with E-state index in [1.807, 2.05) is 0 Å². The molecule has 0 aliphatic carbocycles. The standard InChI is InChI=1S/C6H3N3O8.Ba/c10-3-1-2(7(12)13)4(8(14)15)6(11)5(3)9(16)17;/h1,10-11H;.